The number of likely N-dealkylation sites (N-methyl/N-ethyl adjacent to an activating group) is 1. The van der Waals surface area contributed by atoms with Crippen LogP contribution in [0.5, 0.6) is 5.75 Å². The molecule has 1 fully saturated rings. The number of carbonyl (C=O) groups excluding carboxylic acids is 1. The maximum atomic E-state index is 12.5. The second kappa shape index (κ2) is 12.2. The number of benzene rings is 1. The topological polar surface area (TPSA) is 99.5 Å². The van der Waals surface area contributed by atoms with Gasteiger partial charge < -0.3 is 29.5 Å². The first-order valence-electron chi connectivity index (χ1n) is 8.45. The Morgan fingerprint density at radius 3 is 2.88 bits per heavy atom. The van der Waals surface area contributed by atoms with Gasteiger partial charge in [-0.1, -0.05) is 12.1 Å². The number of rotatable bonds is 7. The molecule has 1 amide bonds. The van der Waals surface area contributed by atoms with E-state index in [2.05, 4.69) is 0 Å². The van der Waals surface area contributed by atoms with Gasteiger partial charge in [0.2, 0.25) is 0 Å². The van der Waals surface area contributed by atoms with Crippen LogP contribution in [0.15, 0.2) is 24.3 Å². The highest BCUT2D eigenvalue weighted by atomic mass is 16.5. The highest BCUT2D eigenvalue weighted by molar-refractivity contribution is 5.78. The summed E-state index contributed by atoms with van der Waals surface area (Å²) in [5.41, 5.74) is 1.10. The summed E-state index contributed by atoms with van der Waals surface area (Å²) in [5, 5.41) is 15.9. The Balaban J connectivity index is 0.00000105. The standard InChI is InChI=1S/C17H26N2O4.CH2O2/c1-14-4-3-5-16(10-14)23-13-17(21)19-7-9-22-12-15(19)11-18(2)6-8-20;2-1-3/h3-5,10,15,20H,6-9,11-13H2,1-2H3;1H,(H,2,3). The van der Waals surface area contributed by atoms with Crippen LogP contribution in [0.3, 0.4) is 0 Å². The van der Waals surface area contributed by atoms with E-state index >= 15 is 0 Å². The molecule has 1 aliphatic rings. The Morgan fingerprint density at radius 2 is 2.23 bits per heavy atom. The van der Waals surface area contributed by atoms with E-state index in [1.165, 1.54) is 0 Å². The average Bonchev–Trinajstić information content (AvgIpc) is 2.61. The third-order valence-electron chi connectivity index (χ3n) is 3.90. The van der Waals surface area contributed by atoms with E-state index in [4.69, 9.17) is 24.5 Å². The van der Waals surface area contributed by atoms with Crippen LogP contribution in [0.1, 0.15) is 5.56 Å². The van der Waals surface area contributed by atoms with Crippen LogP contribution >= 0.6 is 0 Å². The number of carbonyl (C=O) groups is 2. The maximum absolute atomic E-state index is 12.5. The van der Waals surface area contributed by atoms with Gasteiger partial charge in [0.15, 0.2) is 6.61 Å². The smallest absolute Gasteiger partial charge is 0.290 e. The highest BCUT2D eigenvalue weighted by Crippen LogP contribution is 2.14. The Morgan fingerprint density at radius 1 is 1.50 bits per heavy atom. The van der Waals surface area contributed by atoms with E-state index in [1.807, 2.05) is 48.0 Å². The Kier molecular flexibility index (Phi) is 10.3. The Labute approximate surface area is 153 Å². The van der Waals surface area contributed by atoms with Crippen molar-refractivity contribution in [1.82, 2.24) is 9.80 Å². The summed E-state index contributed by atoms with van der Waals surface area (Å²) in [7, 11) is 1.93. The molecule has 1 heterocycles. The molecule has 146 valence electrons. The number of ether oxygens (including phenoxy) is 2. The van der Waals surface area contributed by atoms with Gasteiger partial charge in [-0.3, -0.25) is 9.59 Å². The van der Waals surface area contributed by atoms with Crippen LogP contribution in [0.4, 0.5) is 0 Å². The molecular weight excluding hydrogens is 340 g/mol. The molecule has 1 saturated heterocycles. The van der Waals surface area contributed by atoms with Crippen LogP contribution in [0.2, 0.25) is 0 Å². The van der Waals surface area contributed by atoms with Crippen molar-refractivity contribution in [3.05, 3.63) is 29.8 Å². The molecule has 1 aromatic rings. The second-order valence-corrected chi connectivity index (χ2v) is 6.01. The van der Waals surface area contributed by atoms with E-state index in [0.717, 1.165) is 5.56 Å². The summed E-state index contributed by atoms with van der Waals surface area (Å²) in [4.78, 5) is 24.7. The first-order chi connectivity index (χ1) is 12.5. The van der Waals surface area contributed by atoms with Gasteiger partial charge in [0.25, 0.3) is 12.4 Å². The molecule has 26 heavy (non-hydrogen) atoms. The van der Waals surface area contributed by atoms with E-state index in [1.54, 1.807) is 0 Å². The van der Waals surface area contributed by atoms with E-state index in [9.17, 15) is 4.79 Å². The minimum Gasteiger partial charge on any atom is -0.484 e. The monoisotopic (exact) mass is 368 g/mol. The molecule has 0 saturated carbocycles. The molecule has 8 heteroatoms. The minimum absolute atomic E-state index is 0.00564. The molecule has 0 radical (unpaired) electrons. The lowest BCUT2D eigenvalue weighted by atomic mass is 10.2. The lowest BCUT2D eigenvalue weighted by molar-refractivity contribution is -0.142. The molecule has 0 aliphatic carbocycles. The number of hydrogen-bond acceptors (Lipinski definition) is 6. The lowest BCUT2D eigenvalue weighted by Gasteiger charge is -2.37. The molecule has 0 bridgehead atoms. The number of aliphatic hydroxyl groups is 1. The fraction of sp³-hybridized carbons (Fsp3) is 0.556. The van der Waals surface area contributed by atoms with Crippen molar-refractivity contribution in [2.24, 2.45) is 0 Å². The summed E-state index contributed by atoms with van der Waals surface area (Å²) >= 11 is 0. The first-order valence-corrected chi connectivity index (χ1v) is 8.45. The zero-order valence-electron chi connectivity index (χ0n) is 15.3. The number of hydrogen-bond donors (Lipinski definition) is 2. The molecule has 1 atom stereocenters. The molecule has 0 aromatic heterocycles. The lowest BCUT2D eigenvalue weighted by Crippen LogP contribution is -2.54. The first kappa shape index (κ1) is 21.9. The Hall–Kier alpha value is -2.16. The molecule has 1 aliphatic heterocycles. The number of aliphatic hydroxyl groups excluding tert-OH is 1. The zero-order chi connectivity index (χ0) is 19.4. The predicted molar refractivity (Wildman–Crippen MR) is 96.3 cm³/mol. The zero-order valence-corrected chi connectivity index (χ0v) is 15.3. The molecule has 0 spiro atoms. The summed E-state index contributed by atoms with van der Waals surface area (Å²) < 4.78 is 11.1. The fourth-order valence-electron chi connectivity index (χ4n) is 2.69. The summed E-state index contributed by atoms with van der Waals surface area (Å²) in [6.45, 7) is 4.78. The average molecular weight is 368 g/mol. The van der Waals surface area contributed by atoms with Gasteiger partial charge in [-0.15, -0.1) is 0 Å². The van der Waals surface area contributed by atoms with Gasteiger partial charge in [0.1, 0.15) is 5.75 Å². The molecular formula is C18H28N2O6. The van der Waals surface area contributed by atoms with Crippen LogP contribution in [0.25, 0.3) is 0 Å². The van der Waals surface area contributed by atoms with Gasteiger partial charge in [-0.25, -0.2) is 0 Å². The largest absolute Gasteiger partial charge is 0.484 e. The number of amides is 1. The SMILES string of the molecule is Cc1cccc(OCC(=O)N2CCOCC2CN(C)CCO)c1.O=CO. The van der Waals surface area contributed by atoms with E-state index in [0.29, 0.717) is 38.6 Å². The summed E-state index contributed by atoms with van der Waals surface area (Å²) in [6, 6.07) is 7.67. The third kappa shape index (κ3) is 7.81. The van der Waals surface area contributed by atoms with Gasteiger partial charge >= 0.3 is 0 Å². The van der Waals surface area contributed by atoms with Crippen LogP contribution in [-0.4, -0.2) is 91.5 Å². The van der Waals surface area contributed by atoms with Crippen molar-refractivity contribution in [2.75, 3.05) is 53.1 Å². The minimum atomic E-state index is -0.250. The molecule has 1 aromatic carbocycles. The quantitative estimate of drug-likeness (QED) is 0.665. The van der Waals surface area contributed by atoms with Crippen molar-refractivity contribution in [3.63, 3.8) is 0 Å². The Bertz CT molecular complexity index is 554. The van der Waals surface area contributed by atoms with Gasteiger partial charge in [0, 0.05) is 19.6 Å². The third-order valence-corrected chi connectivity index (χ3v) is 3.90. The van der Waals surface area contributed by atoms with Crippen LogP contribution in [-0.2, 0) is 14.3 Å². The van der Waals surface area contributed by atoms with Crippen molar-refractivity contribution < 1.29 is 29.3 Å². The molecule has 2 rings (SSSR count). The predicted octanol–water partition coefficient (Wildman–Crippen LogP) is 0.226. The summed E-state index contributed by atoms with van der Waals surface area (Å²) in [5.74, 6) is 0.678. The normalized spacial score (nSPS) is 16.6. The number of nitrogens with zero attached hydrogens (tertiary/aromatic N) is 2. The molecule has 8 nitrogen and oxygen atoms in total. The molecule has 1 unspecified atom stereocenters. The molecule has 2 N–H and O–H groups in total. The van der Waals surface area contributed by atoms with Gasteiger partial charge in [0.05, 0.1) is 25.9 Å². The van der Waals surface area contributed by atoms with Crippen LogP contribution < -0.4 is 4.74 Å². The van der Waals surface area contributed by atoms with Gasteiger partial charge in [-0.2, -0.15) is 0 Å². The van der Waals surface area contributed by atoms with Crippen molar-refractivity contribution in [1.29, 1.82) is 0 Å². The highest BCUT2D eigenvalue weighted by Gasteiger charge is 2.28. The van der Waals surface area contributed by atoms with E-state index in [-0.39, 0.29) is 31.6 Å². The fourth-order valence-corrected chi connectivity index (χ4v) is 2.69. The number of carboxylic acid groups (broad SMARTS) is 1. The van der Waals surface area contributed by atoms with Crippen LogP contribution in [0, 0.1) is 6.92 Å². The second-order valence-electron chi connectivity index (χ2n) is 6.01. The maximum Gasteiger partial charge on any atom is 0.290 e. The van der Waals surface area contributed by atoms with Crippen molar-refractivity contribution in [3.8, 4) is 5.75 Å². The van der Waals surface area contributed by atoms with Gasteiger partial charge in [-0.05, 0) is 31.7 Å². The van der Waals surface area contributed by atoms with Crippen molar-refractivity contribution in [2.45, 2.75) is 13.0 Å². The summed E-state index contributed by atoms with van der Waals surface area (Å²) in [6.07, 6.45) is 0. The van der Waals surface area contributed by atoms with Crippen molar-refractivity contribution >= 4 is 12.4 Å². The van der Waals surface area contributed by atoms with E-state index < -0.39 is 0 Å². The number of morpholine rings is 1. The number of aryl methyl sites for hydroxylation is 1.